The summed E-state index contributed by atoms with van der Waals surface area (Å²) < 4.78 is 29.0. The first-order chi connectivity index (χ1) is 15.4. The molecular weight excluding hydrogens is 424 g/mol. The van der Waals surface area contributed by atoms with Gasteiger partial charge in [-0.1, -0.05) is 49.4 Å². The molecule has 1 aliphatic rings. The highest BCUT2D eigenvalue weighted by Gasteiger charge is 2.32. The summed E-state index contributed by atoms with van der Waals surface area (Å²) in [7, 11) is -1.76. The quantitative estimate of drug-likeness (QED) is 0.329. The van der Waals surface area contributed by atoms with Crippen molar-refractivity contribution >= 4 is 21.5 Å². The van der Waals surface area contributed by atoms with Crippen molar-refractivity contribution in [3.05, 3.63) is 72.6 Å². The Labute approximate surface area is 190 Å². The van der Waals surface area contributed by atoms with Crippen LogP contribution in [0.2, 0.25) is 0 Å². The van der Waals surface area contributed by atoms with E-state index in [1.165, 1.54) is 0 Å². The van der Waals surface area contributed by atoms with Crippen molar-refractivity contribution in [2.24, 2.45) is 0 Å². The number of hydroxylamine groups is 1. The second kappa shape index (κ2) is 10.5. The van der Waals surface area contributed by atoms with Gasteiger partial charge in [0.1, 0.15) is 5.82 Å². The molecule has 2 aromatic carbocycles. The molecule has 0 amide bonds. The molecule has 0 spiro atoms. The van der Waals surface area contributed by atoms with E-state index in [9.17, 15) is 13.7 Å². The summed E-state index contributed by atoms with van der Waals surface area (Å²) in [5.74, 6) is 0.613. The molecule has 168 valence electrons. The molecule has 0 aromatic heterocycles. The van der Waals surface area contributed by atoms with Crippen molar-refractivity contribution in [1.82, 2.24) is 5.48 Å². The number of nitrogens with zero attached hydrogens (tertiary/aromatic N) is 3. The summed E-state index contributed by atoms with van der Waals surface area (Å²) in [4.78, 5) is 4.00. The molecule has 0 unspecified atom stereocenters. The number of nitriles is 1. The maximum absolute atomic E-state index is 12.1. The Hall–Kier alpha value is -3.12. The topological polar surface area (TPSA) is 85.7 Å². The van der Waals surface area contributed by atoms with E-state index in [0.29, 0.717) is 31.5 Å². The Morgan fingerprint density at radius 3 is 2.59 bits per heavy atom. The number of anilines is 2. The third-order valence-corrected chi connectivity index (χ3v) is 6.33. The number of allylic oxidation sites excluding steroid dienone is 2. The fourth-order valence-electron chi connectivity index (χ4n) is 3.76. The highest BCUT2D eigenvalue weighted by atomic mass is 32.2. The molecule has 2 aromatic rings. The Kier molecular flexibility index (Phi) is 7.70. The van der Waals surface area contributed by atoms with Gasteiger partial charge in [-0.2, -0.15) is 23.4 Å². The summed E-state index contributed by atoms with van der Waals surface area (Å²) >= 11 is 0. The zero-order valence-electron chi connectivity index (χ0n) is 18.4. The Morgan fingerprint density at radius 1 is 1.19 bits per heavy atom. The van der Waals surface area contributed by atoms with Crippen LogP contribution in [0.1, 0.15) is 19.8 Å². The van der Waals surface area contributed by atoms with Gasteiger partial charge in [0, 0.05) is 26.6 Å². The predicted molar refractivity (Wildman–Crippen MR) is 128 cm³/mol. The molecule has 0 saturated heterocycles. The van der Waals surface area contributed by atoms with Crippen LogP contribution in [0.4, 0.5) is 11.4 Å². The summed E-state index contributed by atoms with van der Waals surface area (Å²) in [6, 6.07) is 18.5. The monoisotopic (exact) mass is 452 g/mol. The third kappa shape index (κ3) is 5.19. The van der Waals surface area contributed by atoms with E-state index in [-0.39, 0.29) is 5.75 Å². The van der Waals surface area contributed by atoms with Crippen molar-refractivity contribution in [1.29, 1.82) is 5.26 Å². The van der Waals surface area contributed by atoms with Crippen molar-refractivity contribution in [3.8, 4) is 17.2 Å². The van der Waals surface area contributed by atoms with Crippen LogP contribution in [0.25, 0.3) is 11.1 Å². The lowest BCUT2D eigenvalue weighted by Crippen LogP contribution is -2.30. The summed E-state index contributed by atoms with van der Waals surface area (Å²) in [6.45, 7) is 6.34. The van der Waals surface area contributed by atoms with Gasteiger partial charge in [0.15, 0.2) is 0 Å². The van der Waals surface area contributed by atoms with Crippen molar-refractivity contribution in [2.45, 2.75) is 19.8 Å². The van der Waals surface area contributed by atoms with Gasteiger partial charge in [-0.05, 0) is 29.7 Å². The Bertz CT molecular complexity index is 1140. The first kappa shape index (κ1) is 23.5. The smallest absolute Gasteiger partial charge is 0.283 e. The SMILES string of the molecule is C=CC/C(C#N)=C1/N(C)c2ccc(-c3ccccc3)cc2N1CCCS(=O)(=O)ONCC. The number of hydrogen-bond acceptors (Lipinski definition) is 7. The third-order valence-electron chi connectivity index (χ3n) is 5.17. The van der Waals surface area contributed by atoms with E-state index in [1.54, 1.807) is 13.0 Å². The Balaban J connectivity index is 1.97. The van der Waals surface area contributed by atoms with Gasteiger partial charge in [0.2, 0.25) is 0 Å². The van der Waals surface area contributed by atoms with Crippen LogP contribution in [0.3, 0.4) is 0 Å². The van der Waals surface area contributed by atoms with Crippen molar-refractivity contribution in [2.75, 3.05) is 35.7 Å². The minimum atomic E-state index is -3.68. The fourth-order valence-corrected chi connectivity index (χ4v) is 4.62. The average molecular weight is 453 g/mol. The molecule has 0 fully saturated rings. The highest BCUT2D eigenvalue weighted by molar-refractivity contribution is 7.86. The van der Waals surface area contributed by atoms with E-state index in [2.05, 4.69) is 30.3 Å². The number of fused-ring (bicyclic) bond motifs is 1. The van der Waals surface area contributed by atoms with Crippen LogP contribution in [-0.2, 0) is 14.4 Å². The molecule has 0 bridgehead atoms. The van der Waals surface area contributed by atoms with Crippen molar-refractivity contribution in [3.63, 3.8) is 0 Å². The van der Waals surface area contributed by atoms with Crippen LogP contribution in [-0.4, -0.2) is 34.3 Å². The van der Waals surface area contributed by atoms with Gasteiger partial charge in [0.05, 0.1) is 28.8 Å². The Morgan fingerprint density at radius 2 is 1.94 bits per heavy atom. The van der Waals surface area contributed by atoms with Gasteiger partial charge >= 0.3 is 0 Å². The number of hydrogen-bond donors (Lipinski definition) is 1. The molecule has 1 aliphatic heterocycles. The lowest BCUT2D eigenvalue weighted by Gasteiger charge is -2.24. The molecule has 32 heavy (non-hydrogen) atoms. The van der Waals surface area contributed by atoms with E-state index >= 15 is 0 Å². The number of benzene rings is 2. The number of nitrogens with one attached hydrogen (secondary N) is 1. The minimum absolute atomic E-state index is 0.134. The van der Waals surface area contributed by atoms with Crippen LogP contribution < -0.4 is 15.3 Å². The predicted octanol–water partition coefficient (Wildman–Crippen LogP) is 4.18. The molecule has 3 rings (SSSR count). The van der Waals surface area contributed by atoms with E-state index in [4.69, 9.17) is 4.28 Å². The zero-order valence-corrected chi connectivity index (χ0v) is 19.2. The van der Waals surface area contributed by atoms with Crippen LogP contribution >= 0.6 is 0 Å². The molecule has 0 radical (unpaired) electrons. The molecule has 1 heterocycles. The second-order valence-electron chi connectivity index (χ2n) is 7.38. The fraction of sp³-hybridized carbons (Fsp3) is 0.292. The normalized spacial score (nSPS) is 14.8. The summed E-state index contributed by atoms with van der Waals surface area (Å²) in [6.07, 6.45) is 2.46. The maximum atomic E-state index is 12.1. The summed E-state index contributed by atoms with van der Waals surface area (Å²) in [5.41, 5.74) is 7.00. The lowest BCUT2D eigenvalue weighted by molar-refractivity contribution is 0.210. The minimum Gasteiger partial charge on any atom is -0.328 e. The number of rotatable bonds is 10. The molecule has 0 atom stereocenters. The lowest BCUT2D eigenvalue weighted by atomic mass is 10.0. The molecule has 7 nitrogen and oxygen atoms in total. The first-order valence-electron chi connectivity index (χ1n) is 10.5. The van der Waals surface area contributed by atoms with Crippen LogP contribution in [0.5, 0.6) is 0 Å². The second-order valence-corrected chi connectivity index (χ2v) is 9.07. The molecule has 0 aliphatic carbocycles. The standard InChI is InChI=1S/C24H28N4O3S/c1-4-10-21(18-25)24-27(3)22-14-13-20(19-11-7-6-8-12-19)17-23(22)28(24)15-9-16-32(29,30)31-26-5-2/h4,6-8,11-14,17,26H,1,5,9-10,15-16H2,2-3H3/b24-21+. The molecule has 8 heteroatoms. The van der Waals surface area contributed by atoms with E-state index in [1.807, 2.05) is 53.2 Å². The highest BCUT2D eigenvalue weighted by Crippen LogP contribution is 2.44. The molecular formula is C24H28N4O3S. The van der Waals surface area contributed by atoms with E-state index in [0.717, 1.165) is 28.3 Å². The zero-order chi connectivity index (χ0) is 23.1. The van der Waals surface area contributed by atoms with Gasteiger partial charge in [-0.15, -0.1) is 6.58 Å². The average Bonchev–Trinajstić information content (AvgIpc) is 3.07. The maximum Gasteiger partial charge on any atom is 0.283 e. The van der Waals surface area contributed by atoms with Crippen LogP contribution in [0.15, 0.2) is 72.6 Å². The van der Waals surface area contributed by atoms with Crippen LogP contribution in [0, 0.1) is 11.3 Å². The molecule has 1 N–H and O–H groups in total. The van der Waals surface area contributed by atoms with Gasteiger partial charge < -0.3 is 9.80 Å². The van der Waals surface area contributed by atoms with Gasteiger partial charge in [0.25, 0.3) is 10.1 Å². The van der Waals surface area contributed by atoms with Gasteiger partial charge in [-0.3, -0.25) is 0 Å². The summed E-state index contributed by atoms with van der Waals surface area (Å²) in [5, 5.41) is 9.78. The van der Waals surface area contributed by atoms with E-state index < -0.39 is 10.1 Å². The largest absolute Gasteiger partial charge is 0.328 e. The first-order valence-corrected chi connectivity index (χ1v) is 12.1. The molecule has 0 saturated carbocycles. The van der Waals surface area contributed by atoms with Crippen molar-refractivity contribution < 1.29 is 12.7 Å². The van der Waals surface area contributed by atoms with Gasteiger partial charge in [-0.25, -0.2) is 0 Å².